The number of hydrogen-bond acceptors (Lipinski definition) is 3. The number of nitrogens with zero attached hydrogens (tertiary/aromatic N) is 1. The quantitative estimate of drug-likeness (QED) is 0.812. The highest BCUT2D eigenvalue weighted by molar-refractivity contribution is 6.03. The van der Waals surface area contributed by atoms with Gasteiger partial charge in [-0.15, -0.1) is 0 Å². The van der Waals surface area contributed by atoms with Crippen LogP contribution >= 0.6 is 0 Å². The van der Waals surface area contributed by atoms with Gasteiger partial charge >= 0.3 is 0 Å². The molecule has 0 bridgehead atoms. The molecule has 1 N–H and O–H groups in total. The third-order valence-corrected chi connectivity index (χ3v) is 1.96. The van der Waals surface area contributed by atoms with Crippen molar-refractivity contribution in [3.05, 3.63) is 47.7 Å². The van der Waals surface area contributed by atoms with Crippen molar-refractivity contribution in [1.82, 2.24) is 5.16 Å². The Morgan fingerprint density at radius 1 is 1.40 bits per heavy atom. The standard InChI is InChI=1S/C11H10N2O2/c1-8-3-2-4-9(7-8)11(14)12-10-5-6-15-13-10/h2-7H,1H3,(H,12,13,14). The largest absolute Gasteiger partial charge is 0.363 e. The molecule has 2 aromatic rings. The second kappa shape index (κ2) is 3.96. The van der Waals surface area contributed by atoms with E-state index in [4.69, 9.17) is 0 Å². The maximum absolute atomic E-state index is 11.7. The Hall–Kier alpha value is -2.10. The Morgan fingerprint density at radius 2 is 2.27 bits per heavy atom. The molecule has 1 aromatic heterocycles. The lowest BCUT2D eigenvalue weighted by molar-refractivity contribution is 0.102. The molecular formula is C11H10N2O2. The van der Waals surface area contributed by atoms with Gasteiger partial charge < -0.3 is 9.84 Å². The summed E-state index contributed by atoms with van der Waals surface area (Å²) in [5, 5.41) is 6.22. The SMILES string of the molecule is Cc1cccc(C(=O)Nc2ccon2)c1. The van der Waals surface area contributed by atoms with Gasteiger partial charge in [-0.25, -0.2) is 0 Å². The highest BCUT2D eigenvalue weighted by atomic mass is 16.5. The first-order chi connectivity index (χ1) is 7.25. The van der Waals surface area contributed by atoms with E-state index in [9.17, 15) is 4.79 Å². The van der Waals surface area contributed by atoms with E-state index in [2.05, 4.69) is 15.0 Å². The number of amides is 1. The molecule has 0 fully saturated rings. The number of carbonyl (C=O) groups is 1. The molecule has 1 aromatic carbocycles. The van der Waals surface area contributed by atoms with Crippen molar-refractivity contribution in [2.45, 2.75) is 6.92 Å². The molecule has 0 atom stereocenters. The van der Waals surface area contributed by atoms with Crippen LogP contribution < -0.4 is 5.32 Å². The summed E-state index contributed by atoms with van der Waals surface area (Å²) in [5.41, 5.74) is 1.65. The zero-order valence-corrected chi connectivity index (χ0v) is 8.23. The minimum atomic E-state index is -0.187. The third kappa shape index (κ3) is 2.22. The van der Waals surface area contributed by atoms with E-state index >= 15 is 0 Å². The zero-order chi connectivity index (χ0) is 10.7. The van der Waals surface area contributed by atoms with Crippen LogP contribution in [0, 0.1) is 6.92 Å². The lowest BCUT2D eigenvalue weighted by Crippen LogP contribution is -2.11. The van der Waals surface area contributed by atoms with E-state index < -0.39 is 0 Å². The fourth-order valence-electron chi connectivity index (χ4n) is 1.25. The molecule has 1 amide bonds. The topological polar surface area (TPSA) is 55.1 Å². The summed E-state index contributed by atoms with van der Waals surface area (Å²) in [6.07, 6.45) is 1.41. The highest BCUT2D eigenvalue weighted by Crippen LogP contribution is 2.07. The lowest BCUT2D eigenvalue weighted by atomic mass is 10.1. The van der Waals surface area contributed by atoms with E-state index in [1.54, 1.807) is 12.1 Å². The average molecular weight is 202 g/mol. The van der Waals surface area contributed by atoms with E-state index in [0.29, 0.717) is 11.4 Å². The van der Waals surface area contributed by atoms with Gasteiger partial charge in [-0.1, -0.05) is 22.9 Å². The molecule has 4 nitrogen and oxygen atoms in total. The van der Waals surface area contributed by atoms with Crippen molar-refractivity contribution in [2.24, 2.45) is 0 Å². The third-order valence-electron chi connectivity index (χ3n) is 1.96. The number of aromatic nitrogens is 1. The molecule has 0 radical (unpaired) electrons. The summed E-state index contributed by atoms with van der Waals surface area (Å²) < 4.78 is 4.61. The zero-order valence-electron chi connectivity index (χ0n) is 8.23. The van der Waals surface area contributed by atoms with E-state index in [1.165, 1.54) is 6.26 Å². The van der Waals surface area contributed by atoms with Gasteiger partial charge in [0.2, 0.25) is 0 Å². The summed E-state index contributed by atoms with van der Waals surface area (Å²) in [7, 11) is 0. The van der Waals surface area contributed by atoms with Crippen LogP contribution in [0.4, 0.5) is 5.82 Å². The molecule has 0 saturated carbocycles. The first-order valence-electron chi connectivity index (χ1n) is 4.54. The van der Waals surface area contributed by atoms with Crippen LogP contribution in [-0.2, 0) is 0 Å². The summed E-state index contributed by atoms with van der Waals surface area (Å²) in [4.78, 5) is 11.7. The van der Waals surface area contributed by atoms with Crippen LogP contribution in [0.15, 0.2) is 41.1 Å². The van der Waals surface area contributed by atoms with Crippen LogP contribution in [0.1, 0.15) is 15.9 Å². The maximum atomic E-state index is 11.7. The van der Waals surface area contributed by atoms with Crippen molar-refractivity contribution in [3.63, 3.8) is 0 Å². The van der Waals surface area contributed by atoms with Crippen molar-refractivity contribution >= 4 is 11.7 Å². The summed E-state index contributed by atoms with van der Waals surface area (Å²) >= 11 is 0. The van der Waals surface area contributed by atoms with Gasteiger partial charge in [0.25, 0.3) is 5.91 Å². The van der Waals surface area contributed by atoms with Gasteiger partial charge in [0.05, 0.1) is 0 Å². The average Bonchev–Trinajstić information content (AvgIpc) is 2.70. The second-order valence-electron chi connectivity index (χ2n) is 3.21. The van der Waals surface area contributed by atoms with Crippen molar-refractivity contribution in [1.29, 1.82) is 0 Å². The minimum absolute atomic E-state index is 0.187. The van der Waals surface area contributed by atoms with Crippen LogP contribution in [0.5, 0.6) is 0 Å². The number of aryl methyl sites for hydroxylation is 1. The number of nitrogens with one attached hydrogen (secondary N) is 1. The Balaban J connectivity index is 2.15. The number of carbonyl (C=O) groups excluding carboxylic acids is 1. The molecule has 0 spiro atoms. The fourth-order valence-corrected chi connectivity index (χ4v) is 1.25. The number of anilines is 1. The fraction of sp³-hybridized carbons (Fsp3) is 0.0909. The smallest absolute Gasteiger partial charge is 0.256 e. The van der Waals surface area contributed by atoms with Gasteiger partial charge in [-0.3, -0.25) is 4.79 Å². The van der Waals surface area contributed by atoms with Crippen LogP contribution in [0.2, 0.25) is 0 Å². The van der Waals surface area contributed by atoms with E-state index in [-0.39, 0.29) is 5.91 Å². The number of hydrogen-bond donors (Lipinski definition) is 1. The summed E-state index contributed by atoms with van der Waals surface area (Å²) in [6.45, 7) is 1.94. The molecule has 0 aliphatic heterocycles. The van der Waals surface area contributed by atoms with Crippen molar-refractivity contribution in [2.75, 3.05) is 5.32 Å². The first-order valence-corrected chi connectivity index (χ1v) is 4.54. The molecule has 4 heteroatoms. The van der Waals surface area contributed by atoms with Crippen LogP contribution in [0.3, 0.4) is 0 Å². The molecule has 2 rings (SSSR count). The minimum Gasteiger partial charge on any atom is -0.363 e. The Kier molecular flexibility index (Phi) is 2.49. The first kappa shape index (κ1) is 9.45. The second-order valence-corrected chi connectivity index (χ2v) is 3.21. The Bertz CT molecular complexity index is 463. The van der Waals surface area contributed by atoms with Gasteiger partial charge in [-0.05, 0) is 19.1 Å². The van der Waals surface area contributed by atoms with Crippen LogP contribution in [0.25, 0.3) is 0 Å². The van der Waals surface area contributed by atoms with Gasteiger partial charge in [0, 0.05) is 11.6 Å². The van der Waals surface area contributed by atoms with E-state index in [0.717, 1.165) is 5.56 Å². The van der Waals surface area contributed by atoms with Gasteiger partial charge in [0.15, 0.2) is 5.82 Å². The van der Waals surface area contributed by atoms with Crippen molar-refractivity contribution < 1.29 is 9.32 Å². The van der Waals surface area contributed by atoms with E-state index in [1.807, 2.05) is 25.1 Å². The van der Waals surface area contributed by atoms with Gasteiger partial charge in [0.1, 0.15) is 6.26 Å². The molecule has 0 aliphatic carbocycles. The molecule has 15 heavy (non-hydrogen) atoms. The predicted octanol–water partition coefficient (Wildman–Crippen LogP) is 2.24. The maximum Gasteiger partial charge on any atom is 0.256 e. The molecular weight excluding hydrogens is 192 g/mol. The summed E-state index contributed by atoms with van der Waals surface area (Å²) in [6, 6.07) is 8.94. The predicted molar refractivity (Wildman–Crippen MR) is 55.6 cm³/mol. The molecule has 76 valence electrons. The highest BCUT2D eigenvalue weighted by Gasteiger charge is 2.06. The normalized spacial score (nSPS) is 9.93. The lowest BCUT2D eigenvalue weighted by Gasteiger charge is -2.01. The Morgan fingerprint density at radius 3 is 2.93 bits per heavy atom. The summed E-state index contributed by atoms with van der Waals surface area (Å²) in [5.74, 6) is 0.231. The van der Waals surface area contributed by atoms with Crippen LogP contribution in [-0.4, -0.2) is 11.1 Å². The number of benzene rings is 1. The van der Waals surface area contributed by atoms with Crippen molar-refractivity contribution in [3.8, 4) is 0 Å². The molecule has 1 heterocycles. The number of rotatable bonds is 2. The molecule has 0 aliphatic rings. The Labute approximate surface area is 86.9 Å². The molecule has 0 unspecified atom stereocenters. The monoisotopic (exact) mass is 202 g/mol. The van der Waals surface area contributed by atoms with Gasteiger partial charge in [-0.2, -0.15) is 0 Å². The molecule has 0 saturated heterocycles.